The van der Waals surface area contributed by atoms with Crippen molar-refractivity contribution in [3.63, 3.8) is 0 Å². The first-order valence-corrected chi connectivity index (χ1v) is 6.87. The minimum absolute atomic E-state index is 0. The molecule has 0 fully saturated rings. The second-order valence-corrected chi connectivity index (χ2v) is 10.5. The molecule has 0 aromatic carbocycles. The molecule has 0 radical (unpaired) electrons. The maximum Gasteiger partial charge on any atom is 0.341 e. The maximum atomic E-state index is 5.39. The van der Waals surface area contributed by atoms with Crippen LogP contribution in [0.4, 0.5) is 0 Å². The smallest absolute Gasteiger partial charge is 0.126 e. The van der Waals surface area contributed by atoms with E-state index in [4.69, 9.17) is 33.2 Å². The fourth-order valence-corrected chi connectivity index (χ4v) is 0. The van der Waals surface area contributed by atoms with Gasteiger partial charge in [-0.25, -0.2) is 0 Å². The van der Waals surface area contributed by atoms with E-state index in [1.165, 1.54) is 0 Å². The van der Waals surface area contributed by atoms with Crippen LogP contribution in [0.1, 0.15) is 6.92 Å². The summed E-state index contributed by atoms with van der Waals surface area (Å²) in [5.74, 6) is 0. The van der Waals surface area contributed by atoms with E-state index in [1.54, 1.807) is 0 Å². The van der Waals surface area contributed by atoms with E-state index in [2.05, 4.69) is 0 Å². The first-order chi connectivity index (χ1) is 2.56. The van der Waals surface area contributed by atoms with Crippen molar-refractivity contribution in [2.75, 3.05) is 0 Å². The molecule has 5 heteroatoms. The SMILES string of the molecule is CC[Si](Cl)(Cl)Cl.[SiH4]. The molecule has 0 N–H and O–H groups in total. The molecule has 0 saturated carbocycles. The van der Waals surface area contributed by atoms with E-state index < -0.39 is 6.00 Å². The minimum Gasteiger partial charge on any atom is -0.126 e. The van der Waals surface area contributed by atoms with Crippen LogP contribution in [0.15, 0.2) is 0 Å². The van der Waals surface area contributed by atoms with Crippen molar-refractivity contribution in [2.24, 2.45) is 0 Å². The Kier molecular flexibility index (Phi) is 6.70. The fraction of sp³-hybridized carbons (Fsp3) is 1.00. The van der Waals surface area contributed by atoms with Crippen LogP contribution in [-0.2, 0) is 0 Å². The van der Waals surface area contributed by atoms with Crippen molar-refractivity contribution in [3.8, 4) is 0 Å². The predicted octanol–water partition coefficient (Wildman–Crippen LogP) is 1.21. The zero-order chi connectivity index (χ0) is 5.21. The lowest BCUT2D eigenvalue weighted by molar-refractivity contribution is 1.46. The Hall–Kier alpha value is 1.30. The summed E-state index contributed by atoms with van der Waals surface area (Å²) in [6, 6.07) is -1.51. The van der Waals surface area contributed by atoms with E-state index in [-0.39, 0.29) is 11.0 Å². The summed E-state index contributed by atoms with van der Waals surface area (Å²) in [7, 11) is 0. The second-order valence-electron chi connectivity index (χ2n) is 0.969. The molecule has 0 aliphatic rings. The lowest BCUT2D eigenvalue weighted by Crippen LogP contribution is -2.04. The van der Waals surface area contributed by atoms with Crippen LogP contribution < -0.4 is 0 Å². The Morgan fingerprint density at radius 3 is 1.43 bits per heavy atom. The van der Waals surface area contributed by atoms with Crippen molar-refractivity contribution in [1.82, 2.24) is 0 Å². The first-order valence-electron chi connectivity index (χ1n) is 1.63. The van der Waals surface area contributed by atoms with Crippen LogP contribution >= 0.6 is 33.2 Å². The van der Waals surface area contributed by atoms with E-state index in [1.807, 2.05) is 6.92 Å². The van der Waals surface area contributed by atoms with Gasteiger partial charge in [-0.15, -0.1) is 33.2 Å². The summed E-state index contributed by atoms with van der Waals surface area (Å²) in [4.78, 5) is 0. The fourth-order valence-electron chi connectivity index (χ4n) is 0. The van der Waals surface area contributed by atoms with Crippen LogP contribution in [0.25, 0.3) is 0 Å². The molecule has 7 heavy (non-hydrogen) atoms. The van der Waals surface area contributed by atoms with Gasteiger partial charge in [0.25, 0.3) is 0 Å². The minimum atomic E-state index is -2.21. The highest BCUT2D eigenvalue weighted by Gasteiger charge is 2.20. The van der Waals surface area contributed by atoms with Gasteiger partial charge in [0.15, 0.2) is 0 Å². The molecule has 0 heterocycles. The van der Waals surface area contributed by atoms with Crippen molar-refractivity contribution in [3.05, 3.63) is 0 Å². The highest BCUT2D eigenvalue weighted by molar-refractivity contribution is 7.64. The zero-order valence-corrected chi connectivity index (χ0v) is 6.61. The van der Waals surface area contributed by atoms with Gasteiger partial charge in [-0.2, -0.15) is 0 Å². The summed E-state index contributed by atoms with van der Waals surface area (Å²) in [6.45, 7) is 1.87. The van der Waals surface area contributed by atoms with E-state index in [0.29, 0.717) is 6.04 Å². The molecule has 0 aliphatic carbocycles. The van der Waals surface area contributed by atoms with Crippen LogP contribution in [0, 0.1) is 0 Å². The van der Waals surface area contributed by atoms with Crippen molar-refractivity contribution in [2.45, 2.75) is 13.0 Å². The molecule has 46 valence electrons. The molecule has 0 atom stereocenters. The Bertz CT molecular complexity index is 40.7. The third-order valence-electron chi connectivity index (χ3n) is 0.401. The van der Waals surface area contributed by atoms with Crippen LogP contribution in [0.3, 0.4) is 0 Å². The molecule has 0 bridgehead atoms. The summed E-state index contributed by atoms with van der Waals surface area (Å²) in [6.07, 6.45) is 0. The Morgan fingerprint density at radius 1 is 1.29 bits per heavy atom. The molecule has 0 amide bonds. The van der Waals surface area contributed by atoms with Gasteiger partial charge in [-0.1, -0.05) is 6.92 Å². The van der Waals surface area contributed by atoms with Crippen molar-refractivity contribution >= 4 is 50.2 Å². The van der Waals surface area contributed by atoms with Crippen molar-refractivity contribution < 1.29 is 0 Å². The first kappa shape index (κ1) is 11.1. The molecular formula is C2H9Cl3Si2. The topological polar surface area (TPSA) is 0 Å². The molecule has 0 aromatic heterocycles. The van der Waals surface area contributed by atoms with Gasteiger partial charge in [0.1, 0.15) is 0 Å². The molecule has 0 aliphatic heterocycles. The molecular weight excluding hydrogens is 187 g/mol. The molecule has 0 rings (SSSR count). The average molecular weight is 196 g/mol. The monoisotopic (exact) mass is 194 g/mol. The van der Waals surface area contributed by atoms with Crippen molar-refractivity contribution in [1.29, 1.82) is 0 Å². The summed E-state index contributed by atoms with van der Waals surface area (Å²) in [5, 5.41) is 0. The Labute approximate surface area is 63.3 Å². The van der Waals surface area contributed by atoms with Gasteiger partial charge in [0.2, 0.25) is 0 Å². The van der Waals surface area contributed by atoms with Gasteiger partial charge >= 0.3 is 6.00 Å². The molecule has 0 aromatic rings. The number of rotatable bonds is 1. The molecule has 0 spiro atoms. The molecule has 0 nitrogen and oxygen atoms in total. The summed E-state index contributed by atoms with van der Waals surface area (Å²) < 4.78 is 0. The average Bonchev–Trinajstić information content (AvgIpc) is 1.35. The second kappa shape index (κ2) is 4.21. The van der Waals surface area contributed by atoms with Gasteiger partial charge in [0, 0.05) is 0 Å². The standard InChI is InChI=1S/C2H5Cl3Si.H4Si/c1-2-6(3,4)5;/h2H2,1H3;1H4. The van der Waals surface area contributed by atoms with Gasteiger partial charge in [-0.05, 0) is 17.0 Å². The molecule has 0 saturated heterocycles. The maximum absolute atomic E-state index is 5.39. The largest absolute Gasteiger partial charge is 0.341 e. The number of hydrogen-bond donors (Lipinski definition) is 0. The third-order valence-corrected chi connectivity index (χ3v) is 3.61. The number of hydrogen-bond acceptors (Lipinski definition) is 0. The third kappa shape index (κ3) is 11.1. The zero-order valence-electron chi connectivity index (χ0n) is 3.34. The van der Waals surface area contributed by atoms with Gasteiger partial charge < -0.3 is 0 Å². The highest BCUT2D eigenvalue weighted by Crippen LogP contribution is 2.23. The lowest BCUT2D eigenvalue weighted by Gasteiger charge is -1.98. The van der Waals surface area contributed by atoms with E-state index in [9.17, 15) is 0 Å². The highest BCUT2D eigenvalue weighted by atomic mass is 35.8. The van der Waals surface area contributed by atoms with E-state index >= 15 is 0 Å². The van der Waals surface area contributed by atoms with Crippen LogP contribution in [0.2, 0.25) is 6.04 Å². The van der Waals surface area contributed by atoms with Gasteiger partial charge in [0.05, 0.1) is 0 Å². The number of halogens is 3. The normalized spacial score (nSPS) is 10.3. The van der Waals surface area contributed by atoms with E-state index in [0.717, 1.165) is 0 Å². The van der Waals surface area contributed by atoms with Crippen LogP contribution in [-0.4, -0.2) is 17.0 Å². The predicted molar refractivity (Wildman–Crippen MR) is 45.1 cm³/mol. The quantitative estimate of drug-likeness (QED) is 0.436. The summed E-state index contributed by atoms with van der Waals surface area (Å²) in [5.41, 5.74) is 0. The lowest BCUT2D eigenvalue weighted by atomic mass is 11.0. The van der Waals surface area contributed by atoms with Gasteiger partial charge in [-0.3, -0.25) is 0 Å². The van der Waals surface area contributed by atoms with Crippen LogP contribution in [0.5, 0.6) is 0 Å². The Balaban J connectivity index is 0. The molecule has 0 unspecified atom stereocenters. The summed E-state index contributed by atoms with van der Waals surface area (Å²) >= 11 is 16.2. The Morgan fingerprint density at radius 2 is 1.43 bits per heavy atom.